The molecule has 0 unspecified atom stereocenters. The van der Waals surface area contributed by atoms with Gasteiger partial charge in [0.25, 0.3) is 5.91 Å². The highest BCUT2D eigenvalue weighted by Crippen LogP contribution is 2.36. The van der Waals surface area contributed by atoms with Crippen LogP contribution in [-0.4, -0.2) is 16.8 Å². The lowest BCUT2D eigenvalue weighted by Gasteiger charge is -2.15. The number of thioether (sulfide) groups is 1. The molecule has 3 rings (SSSR count). The fourth-order valence-electron chi connectivity index (χ4n) is 2.68. The molecule has 26 heavy (non-hydrogen) atoms. The fourth-order valence-corrected chi connectivity index (χ4v) is 3.98. The number of anilines is 1. The number of thiocarbonyl (C=S) groups is 1. The van der Waals surface area contributed by atoms with Crippen molar-refractivity contribution < 1.29 is 9.53 Å². The predicted octanol–water partition coefficient (Wildman–Crippen LogP) is 5.61. The molecule has 0 spiro atoms. The van der Waals surface area contributed by atoms with Gasteiger partial charge in [-0.05, 0) is 54.3 Å². The largest absolute Gasteiger partial charge is 0.494 e. The van der Waals surface area contributed by atoms with E-state index in [9.17, 15) is 4.79 Å². The predicted molar refractivity (Wildman–Crippen MR) is 114 cm³/mol. The van der Waals surface area contributed by atoms with Crippen LogP contribution in [0.25, 0.3) is 6.08 Å². The second-order valence-electron chi connectivity index (χ2n) is 6.27. The summed E-state index contributed by atoms with van der Waals surface area (Å²) in [5.74, 6) is 1.18. The van der Waals surface area contributed by atoms with Crippen molar-refractivity contribution >= 4 is 46.0 Å². The molecule has 0 bridgehead atoms. The molecular formula is C21H21NO2S2. The van der Waals surface area contributed by atoms with Crippen molar-refractivity contribution in [2.45, 2.75) is 26.7 Å². The second-order valence-corrected chi connectivity index (χ2v) is 7.94. The summed E-state index contributed by atoms with van der Waals surface area (Å²) < 4.78 is 6.00. The first-order valence-electron chi connectivity index (χ1n) is 8.60. The molecule has 1 aliphatic heterocycles. The normalized spacial score (nSPS) is 16.0. The average Bonchev–Trinajstić information content (AvgIpc) is 2.90. The number of amides is 1. The van der Waals surface area contributed by atoms with Gasteiger partial charge < -0.3 is 4.74 Å². The molecule has 0 N–H and O–H groups in total. The summed E-state index contributed by atoms with van der Waals surface area (Å²) in [5.41, 5.74) is 3.04. The Morgan fingerprint density at radius 3 is 2.35 bits per heavy atom. The van der Waals surface area contributed by atoms with Gasteiger partial charge >= 0.3 is 0 Å². The highest BCUT2D eigenvalue weighted by molar-refractivity contribution is 8.27. The monoisotopic (exact) mass is 383 g/mol. The van der Waals surface area contributed by atoms with Gasteiger partial charge in [-0.3, -0.25) is 9.69 Å². The summed E-state index contributed by atoms with van der Waals surface area (Å²) in [7, 11) is 0. The number of benzene rings is 2. The number of carbonyl (C=O) groups excluding carboxylic acids is 1. The van der Waals surface area contributed by atoms with E-state index in [1.807, 2.05) is 49.4 Å². The van der Waals surface area contributed by atoms with Gasteiger partial charge in [0.05, 0.1) is 17.2 Å². The molecule has 1 heterocycles. The summed E-state index contributed by atoms with van der Waals surface area (Å²) >= 11 is 6.76. The maximum Gasteiger partial charge on any atom is 0.270 e. The van der Waals surface area contributed by atoms with Crippen molar-refractivity contribution in [2.24, 2.45) is 0 Å². The van der Waals surface area contributed by atoms with Crippen LogP contribution in [0.5, 0.6) is 5.75 Å². The Balaban J connectivity index is 1.81. The Bertz CT molecular complexity index is 839. The molecule has 0 aromatic heterocycles. The first-order chi connectivity index (χ1) is 12.5. The number of hydrogen-bond donors (Lipinski definition) is 0. The van der Waals surface area contributed by atoms with Crippen LogP contribution >= 0.6 is 24.0 Å². The standard InChI is InChI=1S/C21H21NO2S2/c1-4-24-18-11-9-17(10-12-18)22-20(23)19(26-21(22)25)13-15-5-7-16(8-6-15)14(2)3/h5-14H,4H2,1-3H3/b19-13-. The Kier molecular flexibility index (Phi) is 5.79. The van der Waals surface area contributed by atoms with Gasteiger partial charge in [0.2, 0.25) is 0 Å². The molecule has 0 saturated carbocycles. The van der Waals surface area contributed by atoms with E-state index in [4.69, 9.17) is 17.0 Å². The van der Waals surface area contributed by atoms with Crippen molar-refractivity contribution in [3.8, 4) is 5.75 Å². The third-order valence-electron chi connectivity index (χ3n) is 4.10. The summed E-state index contributed by atoms with van der Waals surface area (Å²) in [6.45, 7) is 6.88. The molecule has 0 atom stereocenters. The molecule has 3 nitrogen and oxygen atoms in total. The molecule has 1 fully saturated rings. The second kappa shape index (κ2) is 8.06. The molecule has 5 heteroatoms. The molecule has 1 saturated heterocycles. The zero-order valence-electron chi connectivity index (χ0n) is 15.1. The summed E-state index contributed by atoms with van der Waals surface area (Å²) in [5, 5.41) is 0. The number of ether oxygens (including phenoxy) is 1. The molecule has 2 aromatic rings. The molecule has 0 aliphatic carbocycles. The lowest BCUT2D eigenvalue weighted by molar-refractivity contribution is -0.113. The SMILES string of the molecule is CCOc1ccc(N2C(=O)/C(=C/c3ccc(C(C)C)cc3)SC2=S)cc1. The fraction of sp³-hybridized carbons (Fsp3) is 0.238. The third-order valence-corrected chi connectivity index (χ3v) is 5.40. The Morgan fingerprint density at radius 2 is 1.77 bits per heavy atom. The minimum absolute atomic E-state index is 0.0860. The minimum Gasteiger partial charge on any atom is -0.494 e. The summed E-state index contributed by atoms with van der Waals surface area (Å²) in [6.07, 6.45) is 1.90. The molecule has 134 valence electrons. The lowest BCUT2D eigenvalue weighted by atomic mass is 10.0. The average molecular weight is 384 g/mol. The summed E-state index contributed by atoms with van der Waals surface area (Å²) in [6, 6.07) is 15.7. The van der Waals surface area contributed by atoms with E-state index in [1.165, 1.54) is 17.3 Å². The lowest BCUT2D eigenvalue weighted by Crippen LogP contribution is -2.27. The van der Waals surface area contributed by atoms with Crippen molar-refractivity contribution in [3.05, 3.63) is 64.6 Å². The maximum atomic E-state index is 12.8. The number of carbonyl (C=O) groups is 1. The number of nitrogens with zero attached hydrogens (tertiary/aromatic N) is 1. The smallest absolute Gasteiger partial charge is 0.270 e. The van der Waals surface area contributed by atoms with E-state index < -0.39 is 0 Å². The van der Waals surface area contributed by atoms with Gasteiger partial charge in [0, 0.05) is 0 Å². The highest BCUT2D eigenvalue weighted by Gasteiger charge is 2.33. The van der Waals surface area contributed by atoms with Crippen molar-refractivity contribution in [3.63, 3.8) is 0 Å². The van der Waals surface area contributed by atoms with E-state index in [0.29, 0.717) is 21.8 Å². The van der Waals surface area contributed by atoms with Crippen molar-refractivity contribution in [1.82, 2.24) is 0 Å². The molecule has 1 amide bonds. The van der Waals surface area contributed by atoms with E-state index in [2.05, 4.69) is 26.0 Å². The zero-order chi connectivity index (χ0) is 18.7. The van der Waals surface area contributed by atoms with Crippen molar-refractivity contribution in [2.75, 3.05) is 11.5 Å². The van der Waals surface area contributed by atoms with Gasteiger partial charge in [-0.15, -0.1) is 0 Å². The van der Waals surface area contributed by atoms with Crippen LogP contribution in [0.2, 0.25) is 0 Å². The van der Waals surface area contributed by atoms with Crippen LogP contribution < -0.4 is 9.64 Å². The first kappa shape index (κ1) is 18.7. The van der Waals surface area contributed by atoms with Gasteiger partial charge in [-0.2, -0.15) is 0 Å². The van der Waals surface area contributed by atoms with Crippen LogP contribution in [0, 0.1) is 0 Å². The van der Waals surface area contributed by atoms with Gasteiger partial charge in [-0.1, -0.05) is 62.1 Å². The number of rotatable bonds is 5. The van der Waals surface area contributed by atoms with Crippen LogP contribution in [0.3, 0.4) is 0 Å². The third kappa shape index (κ3) is 4.00. The Hall–Kier alpha value is -2.11. The highest BCUT2D eigenvalue weighted by atomic mass is 32.2. The van der Waals surface area contributed by atoms with E-state index >= 15 is 0 Å². The van der Waals surface area contributed by atoms with E-state index in [1.54, 1.807) is 4.90 Å². The molecule has 2 aromatic carbocycles. The Labute approximate surface area is 164 Å². The quantitative estimate of drug-likeness (QED) is 0.495. The van der Waals surface area contributed by atoms with Crippen LogP contribution in [-0.2, 0) is 4.79 Å². The topological polar surface area (TPSA) is 29.5 Å². The molecule has 1 aliphatic rings. The van der Waals surface area contributed by atoms with E-state index in [0.717, 1.165) is 17.0 Å². The summed E-state index contributed by atoms with van der Waals surface area (Å²) in [4.78, 5) is 15.0. The first-order valence-corrected chi connectivity index (χ1v) is 9.83. The van der Waals surface area contributed by atoms with Gasteiger partial charge in [0.1, 0.15) is 5.75 Å². The Morgan fingerprint density at radius 1 is 1.12 bits per heavy atom. The van der Waals surface area contributed by atoms with Gasteiger partial charge in [0.15, 0.2) is 4.32 Å². The van der Waals surface area contributed by atoms with Gasteiger partial charge in [-0.25, -0.2) is 0 Å². The number of hydrogen-bond acceptors (Lipinski definition) is 4. The molecule has 0 radical (unpaired) electrons. The minimum atomic E-state index is -0.0860. The molecular weight excluding hydrogens is 362 g/mol. The maximum absolute atomic E-state index is 12.8. The van der Waals surface area contributed by atoms with E-state index in [-0.39, 0.29) is 5.91 Å². The van der Waals surface area contributed by atoms with Crippen LogP contribution in [0.1, 0.15) is 37.8 Å². The van der Waals surface area contributed by atoms with Crippen LogP contribution in [0.4, 0.5) is 5.69 Å². The van der Waals surface area contributed by atoms with Crippen LogP contribution in [0.15, 0.2) is 53.4 Å². The van der Waals surface area contributed by atoms with Crippen molar-refractivity contribution in [1.29, 1.82) is 0 Å². The zero-order valence-corrected chi connectivity index (χ0v) is 16.7.